The van der Waals surface area contributed by atoms with Crippen LogP contribution >= 0.6 is 0 Å². The van der Waals surface area contributed by atoms with Gasteiger partial charge in [0.25, 0.3) is 0 Å². The molecule has 18 heavy (non-hydrogen) atoms. The maximum absolute atomic E-state index is 11.5. The quantitative estimate of drug-likeness (QED) is 0.593. The normalized spacial score (nSPS) is 9.50. The predicted molar refractivity (Wildman–Crippen MR) is 67.1 cm³/mol. The van der Waals surface area contributed by atoms with Gasteiger partial charge < -0.3 is 10.4 Å². The SMILES string of the molecule is C#CCCCCC(=O)Nc1cncc(C(=O)O)c1. The van der Waals surface area contributed by atoms with Crippen molar-refractivity contribution in [1.82, 2.24) is 4.98 Å². The molecular weight excluding hydrogens is 232 g/mol. The van der Waals surface area contributed by atoms with E-state index in [0.717, 1.165) is 6.42 Å². The van der Waals surface area contributed by atoms with Gasteiger partial charge in [0.1, 0.15) is 0 Å². The fourth-order valence-corrected chi connectivity index (χ4v) is 1.36. The predicted octanol–water partition coefficient (Wildman–Crippen LogP) is 1.91. The molecule has 5 heteroatoms. The van der Waals surface area contributed by atoms with E-state index in [0.29, 0.717) is 24.9 Å². The van der Waals surface area contributed by atoms with Crippen LogP contribution in [0.2, 0.25) is 0 Å². The molecule has 1 heterocycles. The van der Waals surface area contributed by atoms with Gasteiger partial charge in [0.2, 0.25) is 5.91 Å². The Bertz CT molecular complexity index is 477. The number of carboxylic acid groups (broad SMARTS) is 1. The number of hydrogen-bond acceptors (Lipinski definition) is 3. The zero-order valence-electron chi connectivity index (χ0n) is 9.85. The van der Waals surface area contributed by atoms with Crippen LogP contribution in [0.25, 0.3) is 0 Å². The molecule has 94 valence electrons. The number of pyridine rings is 1. The van der Waals surface area contributed by atoms with Crippen molar-refractivity contribution in [3.8, 4) is 12.3 Å². The summed E-state index contributed by atoms with van der Waals surface area (Å²) in [6.07, 6.45) is 10.3. The van der Waals surface area contributed by atoms with E-state index in [9.17, 15) is 9.59 Å². The molecular formula is C13H14N2O3. The van der Waals surface area contributed by atoms with Crippen molar-refractivity contribution in [2.45, 2.75) is 25.7 Å². The summed E-state index contributed by atoms with van der Waals surface area (Å²) < 4.78 is 0. The van der Waals surface area contributed by atoms with E-state index < -0.39 is 5.97 Å². The van der Waals surface area contributed by atoms with E-state index in [1.165, 1.54) is 18.5 Å². The van der Waals surface area contributed by atoms with E-state index in [-0.39, 0.29) is 11.5 Å². The Morgan fingerprint density at radius 2 is 2.17 bits per heavy atom. The number of anilines is 1. The maximum atomic E-state index is 11.5. The van der Waals surface area contributed by atoms with Crippen LogP contribution in [0, 0.1) is 12.3 Å². The molecule has 0 atom stereocenters. The molecule has 0 fully saturated rings. The first-order valence-electron chi connectivity index (χ1n) is 5.55. The average Bonchev–Trinajstić information content (AvgIpc) is 2.35. The Balaban J connectivity index is 2.47. The molecule has 0 unspecified atom stereocenters. The Hall–Kier alpha value is -2.35. The molecule has 5 nitrogen and oxygen atoms in total. The molecule has 1 amide bonds. The number of amides is 1. The molecule has 1 aromatic heterocycles. The highest BCUT2D eigenvalue weighted by molar-refractivity contribution is 5.93. The minimum atomic E-state index is -1.08. The van der Waals surface area contributed by atoms with Crippen LogP contribution in [0.4, 0.5) is 5.69 Å². The number of nitrogens with zero attached hydrogens (tertiary/aromatic N) is 1. The van der Waals surface area contributed by atoms with Crippen molar-refractivity contribution in [2.24, 2.45) is 0 Å². The number of hydrogen-bond donors (Lipinski definition) is 2. The van der Waals surface area contributed by atoms with Crippen molar-refractivity contribution in [3.63, 3.8) is 0 Å². The topological polar surface area (TPSA) is 79.3 Å². The van der Waals surface area contributed by atoms with Crippen molar-refractivity contribution in [1.29, 1.82) is 0 Å². The van der Waals surface area contributed by atoms with E-state index in [4.69, 9.17) is 11.5 Å². The van der Waals surface area contributed by atoms with Gasteiger partial charge in [-0.05, 0) is 18.9 Å². The Morgan fingerprint density at radius 1 is 1.39 bits per heavy atom. The van der Waals surface area contributed by atoms with Gasteiger partial charge in [0.05, 0.1) is 17.4 Å². The first-order chi connectivity index (χ1) is 8.63. The van der Waals surface area contributed by atoms with Crippen LogP contribution in [-0.4, -0.2) is 22.0 Å². The second kappa shape index (κ2) is 7.07. The first kappa shape index (κ1) is 13.7. The van der Waals surface area contributed by atoms with Gasteiger partial charge in [0.15, 0.2) is 0 Å². The van der Waals surface area contributed by atoms with Gasteiger partial charge >= 0.3 is 5.97 Å². The number of nitrogens with one attached hydrogen (secondary N) is 1. The van der Waals surface area contributed by atoms with E-state index in [2.05, 4.69) is 16.2 Å². The summed E-state index contributed by atoms with van der Waals surface area (Å²) in [5, 5.41) is 11.4. The van der Waals surface area contributed by atoms with Crippen molar-refractivity contribution >= 4 is 17.6 Å². The van der Waals surface area contributed by atoms with Gasteiger partial charge in [-0.15, -0.1) is 12.3 Å². The third-order valence-corrected chi connectivity index (χ3v) is 2.24. The summed E-state index contributed by atoms with van der Waals surface area (Å²) in [6, 6.07) is 1.37. The molecule has 0 aliphatic carbocycles. The van der Waals surface area contributed by atoms with E-state index in [1.54, 1.807) is 0 Å². The molecule has 0 saturated carbocycles. The first-order valence-corrected chi connectivity index (χ1v) is 5.55. The van der Waals surface area contributed by atoms with Gasteiger partial charge in [-0.2, -0.15) is 0 Å². The van der Waals surface area contributed by atoms with Gasteiger partial charge in [-0.25, -0.2) is 4.79 Å². The second-order valence-electron chi connectivity index (χ2n) is 3.73. The number of carbonyl (C=O) groups excluding carboxylic acids is 1. The minimum Gasteiger partial charge on any atom is -0.478 e. The maximum Gasteiger partial charge on any atom is 0.337 e. The summed E-state index contributed by atoms with van der Waals surface area (Å²) in [5.41, 5.74) is 0.428. The molecule has 1 rings (SSSR count). The Labute approximate surface area is 105 Å². The fraction of sp³-hybridized carbons (Fsp3) is 0.308. The fourth-order valence-electron chi connectivity index (χ4n) is 1.36. The number of aromatic carboxylic acids is 1. The molecule has 0 spiro atoms. The van der Waals surface area contributed by atoms with Gasteiger partial charge in [-0.3, -0.25) is 9.78 Å². The molecule has 0 saturated heterocycles. The molecule has 0 radical (unpaired) electrons. The summed E-state index contributed by atoms with van der Waals surface area (Å²) in [5.74, 6) is 1.26. The van der Waals surface area contributed by atoms with Crippen LogP contribution in [0.3, 0.4) is 0 Å². The van der Waals surface area contributed by atoms with Crippen molar-refractivity contribution in [3.05, 3.63) is 24.0 Å². The van der Waals surface area contributed by atoms with Crippen LogP contribution in [-0.2, 0) is 4.79 Å². The summed E-state index contributed by atoms with van der Waals surface area (Å²) in [6.45, 7) is 0. The van der Waals surface area contributed by atoms with Crippen LogP contribution < -0.4 is 5.32 Å². The summed E-state index contributed by atoms with van der Waals surface area (Å²) >= 11 is 0. The van der Waals surface area contributed by atoms with Crippen LogP contribution in [0.1, 0.15) is 36.0 Å². The molecule has 1 aromatic rings. The molecule has 0 aliphatic heterocycles. The zero-order chi connectivity index (χ0) is 13.4. The third kappa shape index (κ3) is 4.66. The third-order valence-electron chi connectivity index (χ3n) is 2.24. The van der Waals surface area contributed by atoms with Gasteiger partial charge in [0, 0.05) is 19.0 Å². The van der Waals surface area contributed by atoms with Crippen LogP contribution in [0.15, 0.2) is 18.5 Å². The average molecular weight is 246 g/mol. The van der Waals surface area contributed by atoms with E-state index in [1.807, 2.05) is 0 Å². The smallest absolute Gasteiger partial charge is 0.337 e. The molecule has 0 aliphatic rings. The lowest BCUT2D eigenvalue weighted by Crippen LogP contribution is -2.12. The van der Waals surface area contributed by atoms with Crippen LogP contribution in [0.5, 0.6) is 0 Å². The molecule has 0 aromatic carbocycles. The Kier molecular flexibility index (Phi) is 5.39. The zero-order valence-corrected chi connectivity index (χ0v) is 9.85. The lowest BCUT2D eigenvalue weighted by Gasteiger charge is -2.04. The van der Waals surface area contributed by atoms with Gasteiger partial charge in [-0.1, -0.05) is 0 Å². The standard InChI is InChI=1S/C13H14N2O3/c1-2-3-4-5-6-12(16)15-11-7-10(13(17)18)8-14-9-11/h1,7-9H,3-6H2,(H,15,16)(H,17,18). The lowest BCUT2D eigenvalue weighted by molar-refractivity contribution is -0.116. The van der Waals surface area contributed by atoms with Crippen molar-refractivity contribution < 1.29 is 14.7 Å². The van der Waals surface area contributed by atoms with Crippen molar-refractivity contribution in [2.75, 3.05) is 5.32 Å². The number of carboxylic acids is 1. The number of unbranched alkanes of at least 4 members (excludes halogenated alkanes) is 2. The number of carbonyl (C=O) groups is 2. The lowest BCUT2D eigenvalue weighted by atomic mass is 10.2. The summed E-state index contributed by atoms with van der Waals surface area (Å²) in [7, 11) is 0. The monoisotopic (exact) mass is 246 g/mol. The highest BCUT2D eigenvalue weighted by atomic mass is 16.4. The molecule has 2 N–H and O–H groups in total. The number of aromatic nitrogens is 1. The second-order valence-corrected chi connectivity index (χ2v) is 3.73. The highest BCUT2D eigenvalue weighted by Gasteiger charge is 2.06. The molecule has 0 bridgehead atoms. The number of terminal acetylenes is 1. The van der Waals surface area contributed by atoms with E-state index >= 15 is 0 Å². The highest BCUT2D eigenvalue weighted by Crippen LogP contribution is 2.09. The Morgan fingerprint density at radius 3 is 2.83 bits per heavy atom. The number of rotatable bonds is 6. The minimum absolute atomic E-state index is 0.0418. The summed E-state index contributed by atoms with van der Waals surface area (Å²) in [4.78, 5) is 26.0. The largest absolute Gasteiger partial charge is 0.478 e.